The van der Waals surface area contributed by atoms with E-state index in [1.165, 1.54) is 0 Å². The van der Waals surface area contributed by atoms with Crippen LogP contribution in [0.3, 0.4) is 0 Å². The van der Waals surface area contributed by atoms with E-state index in [0.29, 0.717) is 5.58 Å². The zero-order valence-corrected chi connectivity index (χ0v) is 6.59. The van der Waals surface area contributed by atoms with Crippen LogP contribution in [0.4, 0.5) is 0 Å². The van der Waals surface area contributed by atoms with Crippen LogP contribution in [0.25, 0.3) is 0 Å². The van der Waals surface area contributed by atoms with E-state index in [0.717, 1.165) is 13.0 Å². The third-order valence-electron chi connectivity index (χ3n) is 0.970. The minimum atomic E-state index is 0.562. The van der Waals surface area contributed by atoms with Crippen molar-refractivity contribution in [2.75, 3.05) is 13.6 Å². The molecular formula is C5H13N2P. The normalized spacial score (nSPS) is 8.88. The first-order valence-electron chi connectivity index (χ1n) is 2.73. The second-order valence-electron chi connectivity index (χ2n) is 1.81. The smallest absolute Gasteiger partial charge is 0.112 e. The molecule has 0 amide bonds. The molecule has 0 aliphatic heterocycles. The summed E-state index contributed by atoms with van der Waals surface area (Å²) in [7, 11) is 4.27. The van der Waals surface area contributed by atoms with Gasteiger partial charge in [0.1, 0.15) is 5.58 Å². The first-order chi connectivity index (χ1) is 3.68. The van der Waals surface area contributed by atoms with E-state index in [2.05, 4.69) is 16.2 Å². The Morgan fingerprint density at radius 2 is 2.25 bits per heavy atom. The third-order valence-corrected chi connectivity index (χ3v) is 1.41. The fourth-order valence-electron chi connectivity index (χ4n) is 0.456. The van der Waals surface area contributed by atoms with Crippen LogP contribution in [0.1, 0.15) is 13.3 Å². The van der Waals surface area contributed by atoms with E-state index >= 15 is 0 Å². The third kappa shape index (κ3) is 2.98. The molecule has 0 bridgehead atoms. The summed E-state index contributed by atoms with van der Waals surface area (Å²) in [6, 6.07) is 0. The second kappa shape index (κ2) is 3.85. The molecule has 1 atom stereocenters. The lowest BCUT2D eigenvalue weighted by Gasteiger charge is -2.14. The van der Waals surface area contributed by atoms with Crippen molar-refractivity contribution in [1.82, 2.24) is 4.90 Å². The average molecular weight is 132 g/mol. The monoisotopic (exact) mass is 132 g/mol. The first kappa shape index (κ1) is 7.90. The van der Waals surface area contributed by atoms with Gasteiger partial charge in [-0.05, 0) is 6.42 Å². The van der Waals surface area contributed by atoms with Crippen molar-refractivity contribution in [3.05, 3.63) is 0 Å². The standard InChI is InChI=1S/C5H13N2P/c1-3-4-7(2)5(6)8/h6H,3-4,8H2,1-2H3. The summed E-state index contributed by atoms with van der Waals surface area (Å²) in [5, 5.41) is 7.09. The quantitative estimate of drug-likeness (QED) is 0.340. The molecule has 0 aromatic heterocycles. The SMILES string of the molecule is CCCN(C)C(=N)P. The molecular weight excluding hydrogens is 119 g/mol. The molecule has 0 aromatic rings. The average Bonchev–Trinajstić information content (AvgIpc) is 1.67. The molecule has 0 aliphatic rings. The summed E-state index contributed by atoms with van der Waals surface area (Å²) in [5.41, 5.74) is 0.562. The minimum absolute atomic E-state index is 0.562. The molecule has 0 saturated carbocycles. The van der Waals surface area contributed by atoms with Gasteiger partial charge in [-0.1, -0.05) is 16.2 Å². The summed E-state index contributed by atoms with van der Waals surface area (Å²) in [6.07, 6.45) is 1.10. The summed E-state index contributed by atoms with van der Waals surface area (Å²) in [6.45, 7) is 3.08. The topological polar surface area (TPSA) is 27.1 Å². The molecule has 0 heterocycles. The van der Waals surface area contributed by atoms with Crippen molar-refractivity contribution in [3.63, 3.8) is 0 Å². The van der Waals surface area contributed by atoms with E-state index in [-0.39, 0.29) is 0 Å². The maximum atomic E-state index is 7.09. The lowest BCUT2D eigenvalue weighted by molar-refractivity contribution is 0.507. The highest BCUT2D eigenvalue weighted by molar-refractivity contribution is 7.40. The Morgan fingerprint density at radius 1 is 1.75 bits per heavy atom. The molecule has 0 spiro atoms. The van der Waals surface area contributed by atoms with Crippen molar-refractivity contribution >= 4 is 14.8 Å². The lowest BCUT2D eigenvalue weighted by atomic mass is 10.5. The number of nitrogens with zero attached hydrogens (tertiary/aromatic N) is 1. The van der Waals surface area contributed by atoms with Crippen LogP contribution in [0.5, 0.6) is 0 Å². The molecule has 48 valence electrons. The zero-order valence-electron chi connectivity index (χ0n) is 5.44. The van der Waals surface area contributed by atoms with Crippen LogP contribution in [0, 0.1) is 5.41 Å². The van der Waals surface area contributed by atoms with E-state index in [9.17, 15) is 0 Å². The lowest BCUT2D eigenvalue weighted by Crippen LogP contribution is -2.21. The Kier molecular flexibility index (Phi) is 3.80. The maximum absolute atomic E-state index is 7.09. The molecule has 0 fully saturated rings. The highest BCUT2D eigenvalue weighted by atomic mass is 31.0. The van der Waals surface area contributed by atoms with Crippen LogP contribution in [-0.2, 0) is 0 Å². The Labute approximate surface area is 53.0 Å². The van der Waals surface area contributed by atoms with Crippen LogP contribution in [0.15, 0.2) is 0 Å². The molecule has 8 heavy (non-hydrogen) atoms. The number of hydrogen-bond donors (Lipinski definition) is 1. The van der Waals surface area contributed by atoms with E-state index in [4.69, 9.17) is 5.41 Å². The van der Waals surface area contributed by atoms with E-state index < -0.39 is 0 Å². The van der Waals surface area contributed by atoms with Gasteiger partial charge in [0.05, 0.1) is 0 Å². The summed E-state index contributed by atoms with van der Waals surface area (Å²) < 4.78 is 0. The van der Waals surface area contributed by atoms with E-state index in [1.54, 1.807) is 0 Å². The minimum Gasteiger partial charge on any atom is -0.360 e. The van der Waals surface area contributed by atoms with Gasteiger partial charge in [0, 0.05) is 13.6 Å². The van der Waals surface area contributed by atoms with Crippen molar-refractivity contribution in [1.29, 1.82) is 5.41 Å². The molecule has 0 radical (unpaired) electrons. The molecule has 1 N–H and O–H groups in total. The molecule has 0 aromatic carbocycles. The van der Waals surface area contributed by atoms with Crippen molar-refractivity contribution in [2.24, 2.45) is 0 Å². The molecule has 0 rings (SSSR count). The van der Waals surface area contributed by atoms with Crippen molar-refractivity contribution in [2.45, 2.75) is 13.3 Å². The van der Waals surface area contributed by atoms with E-state index in [1.807, 2.05) is 11.9 Å². The van der Waals surface area contributed by atoms with Crippen LogP contribution >= 0.6 is 9.24 Å². The summed E-state index contributed by atoms with van der Waals surface area (Å²) in [5.74, 6) is 0. The summed E-state index contributed by atoms with van der Waals surface area (Å²) in [4.78, 5) is 1.89. The van der Waals surface area contributed by atoms with Gasteiger partial charge < -0.3 is 4.90 Å². The zero-order chi connectivity index (χ0) is 6.57. The molecule has 3 heteroatoms. The van der Waals surface area contributed by atoms with Gasteiger partial charge >= 0.3 is 0 Å². The fraction of sp³-hybridized carbons (Fsp3) is 0.800. The predicted octanol–water partition coefficient (Wildman–Crippen LogP) is 1.14. The highest BCUT2D eigenvalue weighted by Crippen LogP contribution is 1.93. The van der Waals surface area contributed by atoms with Gasteiger partial charge in [0.2, 0.25) is 0 Å². The first-order valence-corrected chi connectivity index (χ1v) is 3.31. The van der Waals surface area contributed by atoms with Crippen LogP contribution < -0.4 is 0 Å². The van der Waals surface area contributed by atoms with Crippen molar-refractivity contribution < 1.29 is 0 Å². The van der Waals surface area contributed by atoms with Gasteiger partial charge in [-0.2, -0.15) is 0 Å². The Balaban J connectivity index is 3.32. The van der Waals surface area contributed by atoms with Gasteiger partial charge in [-0.3, -0.25) is 5.41 Å². The molecule has 2 nitrogen and oxygen atoms in total. The Hall–Kier alpha value is -0.100. The van der Waals surface area contributed by atoms with Crippen molar-refractivity contribution in [3.8, 4) is 0 Å². The van der Waals surface area contributed by atoms with Gasteiger partial charge in [0.15, 0.2) is 0 Å². The van der Waals surface area contributed by atoms with Crippen LogP contribution in [-0.4, -0.2) is 24.1 Å². The predicted molar refractivity (Wildman–Crippen MR) is 40.4 cm³/mol. The molecule has 1 unspecified atom stereocenters. The molecule has 0 saturated heterocycles. The fourth-order valence-corrected chi connectivity index (χ4v) is 0.585. The van der Waals surface area contributed by atoms with Crippen LogP contribution in [0.2, 0.25) is 0 Å². The Bertz CT molecular complexity index is 82.5. The number of amidine groups is 1. The van der Waals surface area contributed by atoms with Gasteiger partial charge in [0.25, 0.3) is 0 Å². The summed E-state index contributed by atoms with van der Waals surface area (Å²) >= 11 is 0. The largest absolute Gasteiger partial charge is 0.360 e. The number of hydrogen-bond acceptors (Lipinski definition) is 1. The highest BCUT2D eigenvalue weighted by Gasteiger charge is 1.92. The number of rotatable bonds is 2. The maximum Gasteiger partial charge on any atom is 0.112 e. The van der Waals surface area contributed by atoms with Gasteiger partial charge in [-0.25, -0.2) is 0 Å². The van der Waals surface area contributed by atoms with Gasteiger partial charge in [-0.15, -0.1) is 0 Å². The molecule has 0 aliphatic carbocycles. The number of nitrogens with one attached hydrogen (secondary N) is 1. The Morgan fingerprint density at radius 3 is 2.38 bits per heavy atom. The second-order valence-corrected chi connectivity index (χ2v) is 2.35.